The van der Waals surface area contributed by atoms with Crippen molar-refractivity contribution in [3.8, 4) is 5.75 Å². The average molecular weight is 352 g/mol. The van der Waals surface area contributed by atoms with Crippen LogP contribution in [-0.4, -0.2) is 32.0 Å². The maximum atomic E-state index is 12.3. The Labute approximate surface area is 154 Å². The minimum absolute atomic E-state index is 0.115. The van der Waals surface area contributed by atoms with Crippen molar-refractivity contribution in [3.05, 3.63) is 59.2 Å². The molecule has 0 unspecified atom stereocenters. The molecule has 2 aromatic carbocycles. The number of benzene rings is 2. The molecule has 0 atom stereocenters. The van der Waals surface area contributed by atoms with Crippen LogP contribution in [0.15, 0.2) is 42.5 Å². The number of carbonyl (C=O) groups is 2. The summed E-state index contributed by atoms with van der Waals surface area (Å²) in [5, 5.41) is 2.94. The number of amides is 2. The molecule has 1 fully saturated rings. The largest absolute Gasteiger partial charge is 0.496 e. The molecule has 2 aromatic rings. The molecule has 1 saturated heterocycles. The molecule has 5 nitrogen and oxygen atoms in total. The molecule has 2 amide bonds. The summed E-state index contributed by atoms with van der Waals surface area (Å²) in [5.74, 6) is 0.870. The molecular weight excluding hydrogens is 328 g/mol. The number of ether oxygens (including phenoxy) is 1. The number of anilines is 1. The van der Waals surface area contributed by atoms with E-state index in [0.717, 1.165) is 30.0 Å². The third-order valence-corrected chi connectivity index (χ3v) is 4.63. The summed E-state index contributed by atoms with van der Waals surface area (Å²) in [5.41, 5.74) is 3.69. The highest BCUT2D eigenvalue weighted by atomic mass is 16.5. The zero-order chi connectivity index (χ0) is 18.5. The number of nitrogens with zero attached hydrogens (tertiary/aromatic N) is 1. The smallest absolute Gasteiger partial charge is 0.251 e. The lowest BCUT2D eigenvalue weighted by atomic mass is 10.1. The molecule has 5 heteroatoms. The zero-order valence-corrected chi connectivity index (χ0v) is 15.2. The highest BCUT2D eigenvalue weighted by Gasteiger charge is 2.21. The average Bonchev–Trinajstić information content (AvgIpc) is 3.08. The normalized spacial score (nSPS) is 13.8. The molecule has 26 heavy (non-hydrogen) atoms. The van der Waals surface area contributed by atoms with Crippen LogP contribution in [0.4, 0.5) is 5.69 Å². The van der Waals surface area contributed by atoms with Crippen LogP contribution in [0.5, 0.6) is 5.75 Å². The maximum absolute atomic E-state index is 12.3. The Morgan fingerprint density at radius 1 is 1.19 bits per heavy atom. The van der Waals surface area contributed by atoms with E-state index in [4.69, 9.17) is 4.74 Å². The van der Waals surface area contributed by atoms with E-state index in [0.29, 0.717) is 24.9 Å². The van der Waals surface area contributed by atoms with E-state index in [2.05, 4.69) is 11.4 Å². The van der Waals surface area contributed by atoms with Gasteiger partial charge in [-0.1, -0.05) is 17.7 Å². The Morgan fingerprint density at radius 3 is 2.62 bits per heavy atom. The van der Waals surface area contributed by atoms with Gasteiger partial charge < -0.3 is 15.0 Å². The first-order valence-electron chi connectivity index (χ1n) is 8.90. The van der Waals surface area contributed by atoms with E-state index >= 15 is 0 Å². The molecule has 1 aliphatic rings. The van der Waals surface area contributed by atoms with Gasteiger partial charge in [0, 0.05) is 30.8 Å². The number of carbonyl (C=O) groups excluding carboxylic acids is 2. The maximum Gasteiger partial charge on any atom is 0.251 e. The monoisotopic (exact) mass is 352 g/mol. The molecule has 0 saturated carbocycles. The van der Waals surface area contributed by atoms with Gasteiger partial charge in [0.1, 0.15) is 5.75 Å². The first-order chi connectivity index (χ1) is 12.6. The van der Waals surface area contributed by atoms with Gasteiger partial charge in [0.05, 0.1) is 7.11 Å². The zero-order valence-electron chi connectivity index (χ0n) is 15.2. The lowest BCUT2D eigenvalue weighted by Crippen LogP contribution is -2.26. The van der Waals surface area contributed by atoms with E-state index in [1.54, 1.807) is 24.1 Å². The first kappa shape index (κ1) is 18.0. The summed E-state index contributed by atoms with van der Waals surface area (Å²) in [7, 11) is 1.65. The van der Waals surface area contributed by atoms with E-state index in [9.17, 15) is 9.59 Å². The Balaban J connectivity index is 1.57. The summed E-state index contributed by atoms with van der Waals surface area (Å²) in [4.78, 5) is 25.9. The lowest BCUT2D eigenvalue weighted by Gasteiger charge is -2.16. The van der Waals surface area contributed by atoms with E-state index in [-0.39, 0.29) is 11.8 Å². The molecule has 0 spiro atoms. The van der Waals surface area contributed by atoms with Crippen molar-refractivity contribution >= 4 is 17.5 Å². The molecule has 0 aliphatic carbocycles. The highest BCUT2D eigenvalue weighted by Crippen LogP contribution is 2.22. The molecule has 136 valence electrons. The number of rotatable bonds is 6. The van der Waals surface area contributed by atoms with Crippen molar-refractivity contribution in [3.63, 3.8) is 0 Å². The lowest BCUT2D eigenvalue weighted by molar-refractivity contribution is -0.117. The molecule has 0 radical (unpaired) electrons. The molecular formula is C21H24N2O3. The predicted molar refractivity (Wildman–Crippen MR) is 102 cm³/mol. The molecule has 1 N–H and O–H groups in total. The topological polar surface area (TPSA) is 58.6 Å². The second-order valence-electron chi connectivity index (χ2n) is 6.52. The van der Waals surface area contributed by atoms with Crippen LogP contribution < -0.4 is 15.0 Å². The van der Waals surface area contributed by atoms with Gasteiger partial charge in [0.2, 0.25) is 5.91 Å². The van der Waals surface area contributed by atoms with Crippen molar-refractivity contribution in [2.75, 3.05) is 25.1 Å². The highest BCUT2D eigenvalue weighted by molar-refractivity contribution is 5.97. The third kappa shape index (κ3) is 4.04. The van der Waals surface area contributed by atoms with Crippen LogP contribution in [0.1, 0.15) is 34.3 Å². The molecule has 1 aliphatic heterocycles. The van der Waals surface area contributed by atoms with Crippen molar-refractivity contribution in [2.24, 2.45) is 0 Å². The fourth-order valence-electron chi connectivity index (χ4n) is 3.23. The van der Waals surface area contributed by atoms with Crippen LogP contribution in [-0.2, 0) is 11.2 Å². The molecule has 0 bridgehead atoms. The van der Waals surface area contributed by atoms with Gasteiger partial charge in [-0.2, -0.15) is 0 Å². The van der Waals surface area contributed by atoms with Crippen molar-refractivity contribution in [2.45, 2.75) is 26.2 Å². The number of hydrogen-bond acceptors (Lipinski definition) is 3. The SMILES string of the molecule is COc1ccc(C)cc1CCNC(=O)c1ccc(N2CCCC2=O)cc1. The van der Waals surface area contributed by atoms with E-state index in [1.165, 1.54) is 5.56 Å². The fourth-order valence-corrected chi connectivity index (χ4v) is 3.23. The van der Waals surface area contributed by atoms with Crippen LogP contribution in [0, 0.1) is 6.92 Å². The Morgan fingerprint density at radius 2 is 1.96 bits per heavy atom. The summed E-state index contributed by atoms with van der Waals surface area (Å²) >= 11 is 0. The van der Waals surface area contributed by atoms with Gasteiger partial charge in [-0.3, -0.25) is 9.59 Å². The van der Waals surface area contributed by atoms with Gasteiger partial charge in [0.25, 0.3) is 5.91 Å². The molecule has 1 heterocycles. The van der Waals surface area contributed by atoms with Crippen molar-refractivity contribution < 1.29 is 14.3 Å². The predicted octanol–water partition coefficient (Wildman–Crippen LogP) is 3.10. The van der Waals surface area contributed by atoms with Crippen LogP contribution >= 0.6 is 0 Å². The number of hydrogen-bond donors (Lipinski definition) is 1. The van der Waals surface area contributed by atoms with E-state index in [1.807, 2.05) is 31.2 Å². The van der Waals surface area contributed by atoms with Crippen molar-refractivity contribution in [1.29, 1.82) is 0 Å². The van der Waals surface area contributed by atoms with Crippen molar-refractivity contribution in [1.82, 2.24) is 5.32 Å². The summed E-state index contributed by atoms with van der Waals surface area (Å²) < 4.78 is 5.37. The Kier molecular flexibility index (Phi) is 5.56. The van der Waals surface area contributed by atoms with Gasteiger partial charge in [-0.25, -0.2) is 0 Å². The van der Waals surface area contributed by atoms with Gasteiger partial charge in [-0.05, 0) is 55.7 Å². The first-order valence-corrected chi connectivity index (χ1v) is 8.90. The Bertz CT molecular complexity index is 799. The number of nitrogens with one attached hydrogen (secondary N) is 1. The van der Waals surface area contributed by atoms with E-state index < -0.39 is 0 Å². The number of aryl methyl sites for hydroxylation is 1. The van der Waals surface area contributed by atoms with Crippen LogP contribution in [0.25, 0.3) is 0 Å². The fraction of sp³-hybridized carbons (Fsp3) is 0.333. The quantitative estimate of drug-likeness (QED) is 0.869. The summed E-state index contributed by atoms with van der Waals surface area (Å²) in [6, 6.07) is 13.2. The van der Waals surface area contributed by atoms with Crippen LogP contribution in [0.3, 0.4) is 0 Å². The van der Waals surface area contributed by atoms with Crippen LogP contribution in [0.2, 0.25) is 0 Å². The number of methoxy groups -OCH3 is 1. The second kappa shape index (κ2) is 8.04. The van der Waals surface area contributed by atoms with Gasteiger partial charge >= 0.3 is 0 Å². The standard InChI is InChI=1S/C21H24N2O3/c1-15-5-10-19(26-2)17(14-15)11-12-22-21(25)16-6-8-18(9-7-16)23-13-3-4-20(23)24/h5-10,14H,3-4,11-13H2,1-2H3,(H,22,25). The van der Waals surface area contributed by atoms with Gasteiger partial charge in [-0.15, -0.1) is 0 Å². The summed E-state index contributed by atoms with van der Waals surface area (Å²) in [6.07, 6.45) is 2.20. The van der Waals surface area contributed by atoms with Gasteiger partial charge in [0.15, 0.2) is 0 Å². The second-order valence-corrected chi connectivity index (χ2v) is 6.52. The molecule has 0 aromatic heterocycles. The minimum Gasteiger partial charge on any atom is -0.496 e. The summed E-state index contributed by atoms with van der Waals surface area (Å²) in [6.45, 7) is 3.32. The minimum atomic E-state index is -0.115. The molecule has 3 rings (SSSR count). The Hall–Kier alpha value is -2.82. The third-order valence-electron chi connectivity index (χ3n) is 4.63.